The lowest BCUT2D eigenvalue weighted by molar-refractivity contribution is 1.15. The minimum atomic E-state index is 1.12. The van der Waals surface area contributed by atoms with Crippen molar-refractivity contribution in [2.24, 2.45) is 0 Å². The Morgan fingerprint density at radius 2 is 1.73 bits per heavy atom. The SMILES string of the molecule is CCc1ccsc1/C=C/c1sccc1C. The normalized spacial score (nSPS) is 11.3. The van der Waals surface area contributed by atoms with E-state index in [1.165, 1.54) is 20.9 Å². The van der Waals surface area contributed by atoms with Crippen LogP contribution in [0.5, 0.6) is 0 Å². The molecule has 2 rings (SSSR count). The van der Waals surface area contributed by atoms with Crippen molar-refractivity contribution < 1.29 is 0 Å². The predicted octanol–water partition coefficient (Wildman–Crippen LogP) is 4.85. The Hall–Kier alpha value is -0.860. The first-order valence-corrected chi connectivity index (χ1v) is 6.85. The quantitative estimate of drug-likeness (QED) is 0.712. The Morgan fingerprint density at radius 3 is 2.40 bits per heavy atom. The molecule has 0 nitrogen and oxygen atoms in total. The van der Waals surface area contributed by atoms with Gasteiger partial charge in [0.25, 0.3) is 0 Å². The molecule has 2 heterocycles. The van der Waals surface area contributed by atoms with E-state index in [9.17, 15) is 0 Å². The molecule has 2 aromatic heterocycles. The summed E-state index contributed by atoms with van der Waals surface area (Å²) in [6.07, 6.45) is 5.58. The third-order valence-electron chi connectivity index (χ3n) is 2.45. The van der Waals surface area contributed by atoms with Crippen molar-refractivity contribution in [2.45, 2.75) is 20.3 Å². The molecule has 0 fully saturated rings. The van der Waals surface area contributed by atoms with Gasteiger partial charge in [-0.2, -0.15) is 0 Å². The number of hydrogen-bond donors (Lipinski definition) is 0. The topological polar surface area (TPSA) is 0 Å². The van der Waals surface area contributed by atoms with E-state index in [0.717, 1.165) is 6.42 Å². The summed E-state index contributed by atoms with van der Waals surface area (Å²) >= 11 is 3.62. The summed E-state index contributed by atoms with van der Waals surface area (Å²) in [5.74, 6) is 0. The van der Waals surface area contributed by atoms with Gasteiger partial charge >= 0.3 is 0 Å². The lowest BCUT2D eigenvalue weighted by Gasteiger charge is -1.93. The summed E-state index contributed by atoms with van der Waals surface area (Å²) in [7, 11) is 0. The largest absolute Gasteiger partial charge is 0.144 e. The van der Waals surface area contributed by atoms with Gasteiger partial charge < -0.3 is 0 Å². The maximum atomic E-state index is 2.24. The third kappa shape index (κ3) is 2.39. The highest BCUT2D eigenvalue weighted by molar-refractivity contribution is 7.12. The van der Waals surface area contributed by atoms with Crippen LogP contribution in [0.2, 0.25) is 0 Å². The zero-order valence-electron chi connectivity index (χ0n) is 8.99. The predicted molar refractivity (Wildman–Crippen MR) is 71.7 cm³/mol. The first kappa shape index (κ1) is 10.7. The highest BCUT2D eigenvalue weighted by Gasteiger charge is 1.99. The minimum absolute atomic E-state index is 1.12. The van der Waals surface area contributed by atoms with Crippen molar-refractivity contribution in [1.82, 2.24) is 0 Å². The third-order valence-corrected chi connectivity index (χ3v) is 4.36. The number of aryl methyl sites for hydroxylation is 2. The van der Waals surface area contributed by atoms with Crippen LogP contribution in [0.1, 0.15) is 27.8 Å². The van der Waals surface area contributed by atoms with E-state index in [-0.39, 0.29) is 0 Å². The summed E-state index contributed by atoms with van der Waals surface area (Å²) in [5.41, 5.74) is 2.82. The molecule has 2 heteroatoms. The van der Waals surface area contributed by atoms with E-state index >= 15 is 0 Å². The second-order valence-corrected chi connectivity index (χ2v) is 5.36. The maximum Gasteiger partial charge on any atom is 0.0302 e. The standard InChI is InChI=1S/C13H14S2/c1-3-11-7-9-15-13(11)5-4-12-10(2)6-8-14-12/h4-9H,3H2,1-2H3/b5-4+. The van der Waals surface area contributed by atoms with Gasteiger partial charge in [0.1, 0.15) is 0 Å². The van der Waals surface area contributed by atoms with Crippen molar-refractivity contribution in [1.29, 1.82) is 0 Å². The average molecular weight is 234 g/mol. The van der Waals surface area contributed by atoms with Crippen LogP contribution in [0.4, 0.5) is 0 Å². The van der Waals surface area contributed by atoms with Crippen LogP contribution < -0.4 is 0 Å². The number of hydrogen-bond acceptors (Lipinski definition) is 2. The molecule has 0 aliphatic carbocycles. The van der Waals surface area contributed by atoms with Crippen LogP contribution in [0.25, 0.3) is 12.2 Å². The molecule has 0 aromatic carbocycles. The molecule has 0 radical (unpaired) electrons. The Labute approximate surface area is 98.9 Å². The van der Waals surface area contributed by atoms with Crippen LogP contribution in [0, 0.1) is 6.92 Å². The molecule has 2 aromatic rings. The van der Waals surface area contributed by atoms with Gasteiger partial charge in [-0.3, -0.25) is 0 Å². The van der Waals surface area contributed by atoms with E-state index < -0.39 is 0 Å². The molecule has 0 spiro atoms. The smallest absolute Gasteiger partial charge is 0.0302 e. The van der Waals surface area contributed by atoms with Crippen LogP contribution >= 0.6 is 22.7 Å². The second-order valence-electron chi connectivity index (χ2n) is 3.46. The highest BCUT2D eigenvalue weighted by atomic mass is 32.1. The van der Waals surface area contributed by atoms with Crippen molar-refractivity contribution in [2.75, 3.05) is 0 Å². The van der Waals surface area contributed by atoms with E-state index in [1.54, 1.807) is 11.3 Å². The van der Waals surface area contributed by atoms with Crippen molar-refractivity contribution in [3.8, 4) is 0 Å². The van der Waals surface area contributed by atoms with Crippen LogP contribution in [-0.4, -0.2) is 0 Å². The van der Waals surface area contributed by atoms with Gasteiger partial charge in [0.15, 0.2) is 0 Å². The van der Waals surface area contributed by atoms with E-state index in [2.05, 4.69) is 48.9 Å². The first-order chi connectivity index (χ1) is 7.31. The summed E-state index contributed by atoms with van der Waals surface area (Å²) < 4.78 is 0. The van der Waals surface area contributed by atoms with Gasteiger partial charge in [-0.15, -0.1) is 22.7 Å². The number of rotatable bonds is 3. The summed E-state index contributed by atoms with van der Waals surface area (Å²) in [6, 6.07) is 4.38. The molecule has 78 valence electrons. The molecule has 0 bridgehead atoms. The first-order valence-electron chi connectivity index (χ1n) is 5.10. The molecule has 0 atom stereocenters. The summed E-state index contributed by atoms with van der Waals surface area (Å²) in [4.78, 5) is 2.76. The van der Waals surface area contributed by atoms with Gasteiger partial charge in [-0.05, 0) is 59.5 Å². The molecule has 0 N–H and O–H groups in total. The molecule has 0 unspecified atom stereocenters. The molecule has 0 aliphatic heterocycles. The zero-order valence-corrected chi connectivity index (χ0v) is 10.6. The van der Waals surface area contributed by atoms with Gasteiger partial charge in [0.05, 0.1) is 0 Å². The van der Waals surface area contributed by atoms with Gasteiger partial charge in [-0.25, -0.2) is 0 Å². The Kier molecular flexibility index (Phi) is 3.39. The summed E-state index contributed by atoms with van der Waals surface area (Å²) in [5, 5.41) is 4.31. The van der Waals surface area contributed by atoms with E-state index in [0.29, 0.717) is 0 Å². The van der Waals surface area contributed by atoms with Gasteiger partial charge in [-0.1, -0.05) is 6.92 Å². The number of thiophene rings is 2. The lowest BCUT2D eigenvalue weighted by atomic mass is 10.2. The fourth-order valence-corrected chi connectivity index (χ4v) is 3.20. The molecule has 15 heavy (non-hydrogen) atoms. The maximum absolute atomic E-state index is 2.24. The van der Waals surface area contributed by atoms with Crippen LogP contribution in [-0.2, 0) is 6.42 Å². The van der Waals surface area contributed by atoms with Crippen molar-refractivity contribution in [3.05, 3.63) is 43.8 Å². The Morgan fingerprint density at radius 1 is 1.07 bits per heavy atom. The Balaban J connectivity index is 2.22. The minimum Gasteiger partial charge on any atom is -0.144 e. The summed E-state index contributed by atoms with van der Waals surface area (Å²) in [6.45, 7) is 4.36. The van der Waals surface area contributed by atoms with E-state index in [4.69, 9.17) is 0 Å². The van der Waals surface area contributed by atoms with Crippen LogP contribution in [0.15, 0.2) is 22.9 Å². The fourth-order valence-electron chi connectivity index (χ4n) is 1.49. The second kappa shape index (κ2) is 4.77. The van der Waals surface area contributed by atoms with Crippen molar-refractivity contribution >= 4 is 34.8 Å². The van der Waals surface area contributed by atoms with Gasteiger partial charge in [0, 0.05) is 9.75 Å². The molecular formula is C13H14S2. The fraction of sp³-hybridized carbons (Fsp3) is 0.231. The Bertz CT molecular complexity index is 460. The molecule has 0 saturated carbocycles. The lowest BCUT2D eigenvalue weighted by Crippen LogP contribution is -1.76. The molecule has 0 saturated heterocycles. The monoisotopic (exact) mass is 234 g/mol. The molecular weight excluding hydrogens is 220 g/mol. The van der Waals surface area contributed by atoms with Gasteiger partial charge in [0.2, 0.25) is 0 Å². The van der Waals surface area contributed by atoms with E-state index in [1.807, 2.05) is 11.3 Å². The molecule has 0 amide bonds. The van der Waals surface area contributed by atoms with Crippen LogP contribution in [0.3, 0.4) is 0 Å². The average Bonchev–Trinajstić information content (AvgIpc) is 2.83. The van der Waals surface area contributed by atoms with Crippen molar-refractivity contribution in [3.63, 3.8) is 0 Å². The zero-order chi connectivity index (χ0) is 10.7. The highest BCUT2D eigenvalue weighted by Crippen LogP contribution is 2.23. The molecule has 0 aliphatic rings.